The van der Waals surface area contributed by atoms with E-state index in [1.807, 2.05) is 12.4 Å². The Morgan fingerprint density at radius 3 is 2.93 bits per heavy atom. The van der Waals surface area contributed by atoms with Crippen LogP contribution in [0.2, 0.25) is 0 Å². The summed E-state index contributed by atoms with van der Waals surface area (Å²) in [5, 5.41) is 3.53. The van der Waals surface area contributed by atoms with Crippen molar-refractivity contribution in [1.29, 1.82) is 0 Å². The molecule has 78 valence electrons. The third-order valence-electron chi connectivity index (χ3n) is 3.11. The summed E-state index contributed by atoms with van der Waals surface area (Å²) in [6, 6.07) is 0.442. The van der Waals surface area contributed by atoms with Gasteiger partial charge in [0.1, 0.15) is 5.82 Å². The predicted molar refractivity (Wildman–Crippen MR) is 57.0 cm³/mol. The lowest BCUT2D eigenvalue weighted by Crippen LogP contribution is -2.27. The molecule has 2 rings (SSSR count). The van der Waals surface area contributed by atoms with Gasteiger partial charge in [0.2, 0.25) is 0 Å². The summed E-state index contributed by atoms with van der Waals surface area (Å²) in [6.45, 7) is 3.17. The average Bonchev–Trinajstić information content (AvgIpc) is 2.87. The topological polar surface area (TPSA) is 40.7 Å². The van der Waals surface area contributed by atoms with Crippen LogP contribution in [0, 0.1) is 5.92 Å². The van der Waals surface area contributed by atoms with Crippen LogP contribution >= 0.6 is 0 Å². The molecule has 0 amide bonds. The zero-order chi connectivity index (χ0) is 9.80. The highest BCUT2D eigenvalue weighted by atomic mass is 15.0. The normalized spacial score (nSPS) is 20.1. The molecular weight excluding hydrogens is 174 g/mol. The molecule has 0 spiro atoms. The molecule has 1 saturated carbocycles. The minimum absolute atomic E-state index is 0.442. The van der Waals surface area contributed by atoms with Crippen LogP contribution in [0.15, 0.2) is 12.4 Å². The zero-order valence-corrected chi connectivity index (χ0v) is 8.79. The molecule has 0 aliphatic heterocycles. The van der Waals surface area contributed by atoms with Crippen LogP contribution in [0.5, 0.6) is 0 Å². The van der Waals surface area contributed by atoms with Crippen molar-refractivity contribution in [2.75, 3.05) is 6.54 Å². The zero-order valence-electron chi connectivity index (χ0n) is 8.79. The first-order chi connectivity index (χ1) is 6.92. The summed E-state index contributed by atoms with van der Waals surface area (Å²) < 4.78 is 0. The fourth-order valence-corrected chi connectivity index (χ4v) is 2.44. The van der Waals surface area contributed by atoms with Gasteiger partial charge in [-0.15, -0.1) is 0 Å². The maximum atomic E-state index is 4.36. The van der Waals surface area contributed by atoms with Crippen LogP contribution in [0.4, 0.5) is 0 Å². The minimum Gasteiger partial charge on any atom is -0.347 e. The van der Waals surface area contributed by atoms with Gasteiger partial charge in [0.25, 0.3) is 0 Å². The molecule has 0 radical (unpaired) electrons. The van der Waals surface area contributed by atoms with Gasteiger partial charge in [0.05, 0.1) is 6.04 Å². The number of aromatic nitrogens is 2. The predicted octanol–water partition coefficient (Wildman–Crippen LogP) is 2.25. The van der Waals surface area contributed by atoms with Crippen molar-refractivity contribution in [2.45, 2.75) is 38.6 Å². The standard InChI is InChI=1S/C11H19N3/c1-2-12-10(9-5-3-4-6-9)11-13-7-8-14-11/h7-10,12H,2-6H2,1H3,(H,13,14). The van der Waals surface area contributed by atoms with Crippen LogP contribution in [-0.2, 0) is 0 Å². The van der Waals surface area contributed by atoms with Gasteiger partial charge in [0.15, 0.2) is 0 Å². The van der Waals surface area contributed by atoms with E-state index in [-0.39, 0.29) is 0 Å². The summed E-state index contributed by atoms with van der Waals surface area (Å²) in [6.07, 6.45) is 9.21. The molecule has 0 bridgehead atoms. The molecule has 0 aromatic carbocycles. The lowest BCUT2D eigenvalue weighted by atomic mass is 9.97. The number of aromatic amines is 1. The lowest BCUT2D eigenvalue weighted by Gasteiger charge is -2.22. The van der Waals surface area contributed by atoms with Crippen molar-refractivity contribution in [3.63, 3.8) is 0 Å². The first-order valence-electron chi connectivity index (χ1n) is 5.64. The SMILES string of the molecule is CCNC(c1ncc[nH]1)C1CCCC1. The van der Waals surface area contributed by atoms with Gasteiger partial charge in [-0.2, -0.15) is 0 Å². The van der Waals surface area contributed by atoms with Gasteiger partial charge in [0, 0.05) is 12.4 Å². The Kier molecular flexibility index (Phi) is 3.19. The lowest BCUT2D eigenvalue weighted by molar-refractivity contribution is 0.361. The molecule has 1 unspecified atom stereocenters. The summed E-state index contributed by atoms with van der Waals surface area (Å²) >= 11 is 0. The van der Waals surface area contributed by atoms with Crippen LogP contribution in [0.1, 0.15) is 44.5 Å². The first kappa shape index (κ1) is 9.71. The molecule has 14 heavy (non-hydrogen) atoms. The van der Waals surface area contributed by atoms with Gasteiger partial charge in [-0.05, 0) is 25.3 Å². The van der Waals surface area contributed by atoms with Crippen LogP contribution < -0.4 is 5.32 Å². The molecule has 1 aliphatic carbocycles. The number of hydrogen-bond donors (Lipinski definition) is 2. The van der Waals surface area contributed by atoms with Crippen LogP contribution in [-0.4, -0.2) is 16.5 Å². The molecule has 1 aromatic heterocycles. The minimum atomic E-state index is 0.442. The molecular formula is C11H19N3. The number of rotatable bonds is 4. The maximum absolute atomic E-state index is 4.36. The molecule has 1 heterocycles. The molecule has 3 heteroatoms. The largest absolute Gasteiger partial charge is 0.347 e. The molecule has 1 aliphatic rings. The van der Waals surface area contributed by atoms with E-state index in [0.717, 1.165) is 18.3 Å². The van der Waals surface area contributed by atoms with Gasteiger partial charge < -0.3 is 10.3 Å². The number of H-pyrrole nitrogens is 1. The van der Waals surface area contributed by atoms with Crippen LogP contribution in [0.25, 0.3) is 0 Å². The van der Waals surface area contributed by atoms with Gasteiger partial charge in [-0.25, -0.2) is 4.98 Å². The van der Waals surface area contributed by atoms with Crippen molar-refractivity contribution in [3.05, 3.63) is 18.2 Å². The van der Waals surface area contributed by atoms with Crippen molar-refractivity contribution in [2.24, 2.45) is 5.92 Å². The van der Waals surface area contributed by atoms with Gasteiger partial charge >= 0.3 is 0 Å². The second-order valence-corrected chi connectivity index (χ2v) is 4.05. The van der Waals surface area contributed by atoms with E-state index in [0.29, 0.717) is 6.04 Å². The van der Waals surface area contributed by atoms with Crippen molar-refractivity contribution < 1.29 is 0 Å². The first-order valence-corrected chi connectivity index (χ1v) is 5.64. The van der Waals surface area contributed by atoms with Gasteiger partial charge in [-0.3, -0.25) is 0 Å². The summed E-state index contributed by atoms with van der Waals surface area (Å²) in [7, 11) is 0. The highest BCUT2D eigenvalue weighted by molar-refractivity contribution is 4.99. The van der Waals surface area contributed by atoms with E-state index >= 15 is 0 Å². The molecule has 3 nitrogen and oxygen atoms in total. The number of imidazole rings is 1. The quantitative estimate of drug-likeness (QED) is 0.770. The fraction of sp³-hybridized carbons (Fsp3) is 0.727. The van der Waals surface area contributed by atoms with Gasteiger partial charge in [-0.1, -0.05) is 19.8 Å². The third kappa shape index (κ3) is 1.98. The van der Waals surface area contributed by atoms with Crippen LogP contribution in [0.3, 0.4) is 0 Å². The Morgan fingerprint density at radius 2 is 2.36 bits per heavy atom. The molecule has 1 fully saturated rings. The Hall–Kier alpha value is -0.830. The van der Waals surface area contributed by atoms with E-state index in [9.17, 15) is 0 Å². The summed E-state index contributed by atoms with van der Waals surface area (Å²) in [5.74, 6) is 1.89. The fourth-order valence-electron chi connectivity index (χ4n) is 2.44. The highest BCUT2D eigenvalue weighted by Crippen LogP contribution is 2.34. The molecule has 0 saturated heterocycles. The maximum Gasteiger partial charge on any atom is 0.123 e. The monoisotopic (exact) mass is 193 g/mol. The van der Waals surface area contributed by atoms with E-state index in [2.05, 4.69) is 22.2 Å². The van der Waals surface area contributed by atoms with E-state index < -0.39 is 0 Å². The second-order valence-electron chi connectivity index (χ2n) is 4.05. The van der Waals surface area contributed by atoms with E-state index in [1.54, 1.807) is 0 Å². The van der Waals surface area contributed by atoms with Crippen molar-refractivity contribution in [1.82, 2.24) is 15.3 Å². The van der Waals surface area contributed by atoms with E-state index in [1.165, 1.54) is 25.7 Å². The Bertz CT molecular complexity index is 250. The second kappa shape index (κ2) is 4.60. The highest BCUT2D eigenvalue weighted by Gasteiger charge is 2.26. The van der Waals surface area contributed by atoms with E-state index in [4.69, 9.17) is 0 Å². The molecule has 1 atom stereocenters. The summed E-state index contributed by atoms with van der Waals surface area (Å²) in [4.78, 5) is 7.59. The Morgan fingerprint density at radius 1 is 1.57 bits per heavy atom. The number of hydrogen-bond acceptors (Lipinski definition) is 2. The van der Waals surface area contributed by atoms with Crippen molar-refractivity contribution >= 4 is 0 Å². The molecule has 2 N–H and O–H groups in total. The Balaban J connectivity index is 2.06. The average molecular weight is 193 g/mol. The molecule has 1 aromatic rings. The smallest absolute Gasteiger partial charge is 0.123 e. The number of nitrogens with one attached hydrogen (secondary N) is 2. The summed E-state index contributed by atoms with van der Waals surface area (Å²) in [5.41, 5.74) is 0. The third-order valence-corrected chi connectivity index (χ3v) is 3.11. The Labute approximate surface area is 85.3 Å². The van der Waals surface area contributed by atoms with Crippen molar-refractivity contribution in [3.8, 4) is 0 Å². The number of nitrogens with zero attached hydrogens (tertiary/aromatic N) is 1.